The molecule has 0 aliphatic carbocycles. The number of anilines is 2. The summed E-state index contributed by atoms with van der Waals surface area (Å²) in [6.07, 6.45) is 3.80. The van der Waals surface area contributed by atoms with Gasteiger partial charge in [0, 0.05) is 37.1 Å². The van der Waals surface area contributed by atoms with Crippen LogP contribution in [0.5, 0.6) is 0 Å². The number of aromatic nitrogens is 2. The highest BCUT2D eigenvalue weighted by molar-refractivity contribution is 5.95. The first-order chi connectivity index (χ1) is 16.1. The smallest absolute Gasteiger partial charge is 0.225 e. The summed E-state index contributed by atoms with van der Waals surface area (Å²) in [5.74, 6) is 1.66. The van der Waals surface area contributed by atoms with Crippen LogP contribution in [0.4, 0.5) is 11.6 Å². The number of hydrogen-bond acceptors (Lipinski definition) is 5. The number of aliphatic imine (C=N–C) groups is 1. The average Bonchev–Trinajstić information content (AvgIpc) is 2.85. The van der Waals surface area contributed by atoms with Crippen LogP contribution in [0.3, 0.4) is 0 Å². The number of nitrogens with zero attached hydrogens (tertiary/aromatic N) is 6. The van der Waals surface area contributed by atoms with Crippen molar-refractivity contribution in [1.29, 1.82) is 5.26 Å². The van der Waals surface area contributed by atoms with E-state index >= 15 is 0 Å². The molecule has 33 heavy (non-hydrogen) atoms. The van der Waals surface area contributed by atoms with Crippen molar-refractivity contribution in [2.45, 2.75) is 26.8 Å². The van der Waals surface area contributed by atoms with E-state index in [9.17, 15) is 5.26 Å². The van der Waals surface area contributed by atoms with Gasteiger partial charge in [0.1, 0.15) is 0 Å². The molecule has 0 spiro atoms. The molecule has 7 heteroatoms. The van der Waals surface area contributed by atoms with Crippen molar-refractivity contribution in [2.24, 2.45) is 10.9 Å². The number of hydrogen-bond donors (Lipinski definition) is 1. The fourth-order valence-corrected chi connectivity index (χ4v) is 4.14. The van der Waals surface area contributed by atoms with E-state index in [0.29, 0.717) is 18.4 Å². The molecule has 1 aliphatic rings. The maximum absolute atomic E-state index is 9.37. The highest BCUT2D eigenvalue weighted by atomic mass is 15.4. The summed E-state index contributed by atoms with van der Waals surface area (Å²) in [6, 6.07) is 20.3. The second kappa shape index (κ2) is 10.1. The molecule has 168 valence electrons. The Balaban J connectivity index is 1.57. The molecule has 1 saturated heterocycles. The second-order valence-corrected chi connectivity index (χ2v) is 8.53. The maximum Gasteiger partial charge on any atom is 0.225 e. The zero-order chi connectivity index (χ0) is 23.2. The zero-order valence-electron chi connectivity index (χ0n) is 19.3. The average molecular weight is 440 g/mol. The summed E-state index contributed by atoms with van der Waals surface area (Å²) >= 11 is 0. The minimum Gasteiger partial charge on any atom is -0.337 e. The molecule has 1 aromatic heterocycles. The van der Waals surface area contributed by atoms with Crippen LogP contribution in [0.25, 0.3) is 11.3 Å². The SMILES string of the molecule is Cc1ccccc1N/C(=N/C#N)N1CCN(c2nccc(-c3ccccc3)n2)CC1C(C)C. The van der Waals surface area contributed by atoms with Gasteiger partial charge in [-0.25, -0.2) is 9.97 Å². The molecule has 0 saturated carbocycles. The van der Waals surface area contributed by atoms with Gasteiger partial charge in [0.15, 0.2) is 0 Å². The lowest BCUT2D eigenvalue weighted by Gasteiger charge is -2.44. The molecule has 1 fully saturated rings. The molecular formula is C26H29N7. The predicted molar refractivity (Wildman–Crippen MR) is 133 cm³/mol. The predicted octanol–water partition coefficient (Wildman–Crippen LogP) is 4.55. The van der Waals surface area contributed by atoms with Crippen LogP contribution >= 0.6 is 0 Å². The van der Waals surface area contributed by atoms with Gasteiger partial charge in [-0.05, 0) is 30.5 Å². The Labute approximate surface area is 195 Å². The van der Waals surface area contributed by atoms with E-state index in [4.69, 9.17) is 4.98 Å². The normalized spacial score (nSPS) is 16.6. The van der Waals surface area contributed by atoms with Crippen LogP contribution < -0.4 is 10.2 Å². The zero-order valence-corrected chi connectivity index (χ0v) is 19.3. The van der Waals surface area contributed by atoms with Gasteiger partial charge in [-0.2, -0.15) is 5.26 Å². The highest BCUT2D eigenvalue weighted by Gasteiger charge is 2.33. The number of guanidine groups is 1. The van der Waals surface area contributed by atoms with Crippen molar-refractivity contribution < 1.29 is 0 Å². The molecule has 3 aromatic rings. The Morgan fingerprint density at radius 2 is 1.85 bits per heavy atom. The Morgan fingerprint density at radius 3 is 2.58 bits per heavy atom. The molecule has 1 atom stereocenters. The Morgan fingerprint density at radius 1 is 1.09 bits per heavy atom. The fraction of sp³-hybridized carbons (Fsp3) is 0.308. The van der Waals surface area contributed by atoms with Gasteiger partial charge in [0.25, 0.3) is 0 Å². The summed E-state index contributed by atoms with van der Waals surface area (Å²) in [6.45, 7) is 8.62. The first-order valence-corrected chi connectivity index (χ1v) is 11.3. The van der Waals surface area contributed by atoms with Crippen LogP contribution in [0.1, 0.15) is 19.4 Å². The lowest BCUT2D eigenvalue weighted by molar-refractivity contribution is 0.223. The number of benzene rings is 2. The van der Waals surface area contributed by atoms with E-state index in [1.807, 2.05) is 67.8 Å². The second-order valence-electron chi connectivity index (χ2n) is 8.53. The van der Waals surface area contributed by atoms with E-state index in [2.05, 4.69) is 51.1 Å². The van der Waals surface area contributed by atoms with Crippen molar-refractivity contribution in [3.05, 3.63) is 72.4 Å². The van der Waals surface area contributed by atoms with Gasteiger partial charge >= 0.3 is 0 Å². The van der Waals surface area contributed by atoms with Gasteiger partial charge in [-0.3, -0.25) is 0 Å². The highest BCUT2D eigenvalue weighted by Crippen LogP contribution is 2.24. The van der Waals surface area contributed by atoms with Crippen LogP contribution in [0.2, 0.25) is 0 Å². The van der Waals surface area contributed by atoms with Crippen molar-refractivity contribution >= 4 is 17.6 Å². The minimum atomic E-state index is 0.145. The largest absolute Gasteiger partial charge is 0.337 e. The minimum absolute atomic E-state index is 0.145. The number of rotatable bonds is 4. The van der Waals surface area contributed by atoms with Crippen molar-refractivity contribution in [3.8, 4) is 17.5 Å². The number of aryl methyl sites for hydroxylation is 1. The van der Waals surface area contributed by atoms with Crippen LogP contribution in [-0.2, 0) is 0 Å². The van der Waals surface area contributed by atoms with Crippen LogP contribution in [-0.4, -0.2) is 46.5 Å². The monoisotopic (exact) mass is 439 g/mol. The molecule has 4 rings (SSSR count). The molecule has 1 unspecified atom stereocenters. The molecule has 1 aliphatic heterocycles. The number of piperazine rings is 1. The Kier molecular flexibility index (Phi) is 6.84. The molecule has 2 aromatic carbocycles. The molecule has 2 heterocycles. The summed E-state index contributed by atoms with van der Waals surface area (Å²) < 4.78 is 0. The van der Waals surface area contributed by atoms with Gasteiger partial charge in [0.05, 0.1) is 11.7 Å². The third-order valence-corrected chi connectivity index (χ3v) is 6.00. The topological polar surface area (TPSA) is 80.4 Å². The van der Waals surface area contributed by atoms with Gasteiger partial charge in [0.2, 0.25) is 18.1 Å². The van der Waals surface area contributed by atoms with Crippen molar-refractivity contribution in [3.63, 3.8) is 0 Å². The summed E-state index contributed by atoms with van der Waals surface area (Å²) in [5, 5.41) is 12.8. The van der Waals surface area contributed by atoms with E-state index in [1.54, 1.807) is 0 Å². The molecule has 7 nitrogen and oxygen atoms in total. The fourth-order valence-electron chi connectivity index (χ4n) is 4.14. The Hall–Kier alpha value is -3.92. The van der Waals surface area contributed by atoms with E-state index in [-0.39, 0.29) is 6.04 Å². The summed E-state index contributed by atoms with van der Waals surface area (Å²) in [4.78, 5) is 18.0. The number of para-hydroxylation sites is 1. The molecule has 0 radical (unpaired) electrons. The van der Waals surface area contributed by atoms with Crippen molar-refractivity contribution in [2.75, 3.05) is 29.9 Å². The first-order valence-electron chi connectivity index (χ1n) is 11.3. The molecule has 0 bridgehead atoms. The van der Waals surface area contributed by atoms with E-state index in [1.165, 1.54) is 0 Å². The van der Waals surface area contributed by atoms with Gasteiger partial charge < -0.3 is 15.1 Å². The summed E-state index contributed by atoms with van der Waals surface area (Å²) in [5.41, 5.74) is 4.05. The maximum atomic E-state index is 9.37. The van der Waals surface area contributed by atoms with E-state index in [0.717, 1.165) is 41.5 Å². The van der Waals surface area contributed by atoms with Crippen LogP contribution in [0, 0.1) is 24.3 Å². The van der Waals surface area contributed by atoms with Crippen LogP contribution in [0.15, 0.2) is 71.9 Å². The standard InChI is InChI=1S/C26H29N7/c1-19(2)24-17-32(25-28-14-13-23(31-25)21-10-5-4-6-11-21)15-16-33(24)26(29-18-27)30-22-12-8-7-9-20(22)3/h4-14,19,24H,15-17H2,1-3H3,(H,29,30). The quantitative estimate of drug-likeness (QED) is 0.365. The molecule has 1 N–H and O–H groups in total. The molecule has 0 amide bonds. The third-order valence-electron chi connectivity index (χ3n) is 6.00. The number of nitrogens with one attached hydrogen (secondary N) is 1. The Bertz CT molecular complexity index is 1150. The number of nitriles is 1. The lowest BCUT2D eigenvalue weighted by atomic mass is 10.00. The first kappa shape index (κ1) is 22.3. The third kappa shape index (κ3) is 5.12. The van der Waals surface area contributed by atoms with Gasteiger partial charge in [-0.15, -0.1) is 4.99 Å². The van der Waals surface area contributed by atoms with Gasteiger partial charge in [-0.1, -0.05) is 62.4 Å². The summed E-state index contributed by atoms with van der Waals surface area (Å²) in [7, 11) is 0. The lowest BCUT2D eigenvalue weighted by Crippen LogP contribution is -2.59. The van der Waals surface area contributed by atoms with E-state index < -0.39 is 0 Å². The van der Waals surface area contributed by atoms with Crippen molar-refractivity contribution in [1.82, 2.24) is 14.9 Å². The molecular weight excluding hydrogens is 410 g/mol.